The van der Waals surface area contributed by atoms with Crippen molar-refractivity contribution in [2.45, 2.75) is 30.2 Å². The molecule has 3 N–H and O–H groups in total. The summed E-state index contributed by atoms with van der Waals surface area (Å²) in [4.78, 5) is 12.0. The third-order valence-corrected chi connectivity index (χ3v) is 5.43. The number of ether oxygens (including phenoxy) is 2. The minimum absolute atomic E-state index is 0. The quantitative estimate of drug-likeness (QED) is 0.584. The number of nitrogens with one attached hydrogen (secondary N) is 3. The highest BCUT2D eigenvalue weighted by molar-refractivity contribution is 7.89. The zero-order valence-electron chi connectivity index (χ0n) is 14.9. The monoisotopic (exact) mass is 407 g/mol. The maximum atomic E-state index is 12.3. The maximum Gasteiger partial charge on any atom is 0.240 e. The number of benzene rings is 1. The normalized spacial score (nSPS) is 17.1. The fourth-order valence-electron chi connectivity index (χ4n) is 2.64. The lowest BCUT2D eigenvalue weighted by molar-refractivity contribution is -0.121. The predicted molar refractivity (Wildman–Crippen MR) is 101 cm³/mol. The summed E-state index contributed by atoms with van der Waals surface area (Å²) in [6.07, 6.45) is 2.05. The van der Waals surface area contributed by atoms with Gasteiger partial charge in [-0.3, -0.25) is 4.79 Å². The van der Waals surface area contributed by atoms with E-state index in [4.69, 9.17) is 9.47 Å². The van der Waals surface area contributed by atoms with Gasteiger partial charge in [-0.15, -0.1) is 12.4 Å². The van der Waals surface area contributed by atoms with E-state index in [-0.39, 0.29) is 42.2 Å². The van der Waals surface area contributed by atoms with Gasteiger partial charge in [0.25, 0.3) is 0 Å². The molecular formula is C16H26ClN3O5S. The number of amides is 1. The Morgan fingerprint density at radius 3 is 2.62 bits per heavy atom. The van der Waals surface area contributed by atoms with E-state index in [2.05, 4.69) is 15.4 Å². The number of carbonyl (C=O) groups excluding carboxylic acids is 1. The number of piperidine rings is 1. The van der Waals surface area contributed by atoms with E-state index >= 15 is 0 Å². The van der Waals surface area contributed by atoms with Crippen LogP contribution in [0, 0.1) is 0 Å². The van der Waals surface area contributed by atoms with Crippen molar-refractivity contribution >= 4 is 28.3 Å². The van der Waals surface area contributed by atoms with Gasteiger partial charge in [0.05, 0.1) is 19.1 Å². The molecule has 1 fully saturated rings. The summed E-state index contributed by atoms with van der Waals surface area (Å²) in [6.45, 7) is 1.75. The van der Waals surface area contributed by atoms with Crippen LogP contribution in [0.2, 0.25) is 0 Å². The molecule has 1 aliphatic heterocycles. The molecule has 1 saturated heterocycles. The number of hydrogen-bond acceptors (Lipinski definition) is 6. The van der Waals surface area contributed by atoms with Gasteiger partial charge >= 0.3 is 0 Å². The fourth-order valence-corrected chi connectivity index (χ4v) is 3.69. The molecule has 0 saturated carbocycles. The van der Waals surface area contributed by atoms with Crippen molar-refractivity contribution in [3.8, 4) is 11.5 Å². The second-order valence-electron chi connectivity index (χ2n) is 5.78. The van der Waals surface area contributed by atoms with Gasteiger partial charge in [-0.05, 0) is 31.5 Å². The Labute approximate surface area is 160 Å². The lowest BCUT2D eigenvalue weighted by Crippen LogP contribution is -2.46. The first-order chi connectivity index (χ1) is 12.0. The molecule has 2 rings (SSSR count). The number of carbonyl (C=O) groups is 1. The van der Waals surface area contributed by atoms with Gasteiger partial charge in [0.1, 0.15) is 0 Å². The van der Waals surface area contributed by atoms with E-state index in [1.165, 1.54) is 32.4 Å². The van der Waals surface area contributed by atoms with E-state index in [1.54, 1.807) is 0 Å². The van der Waals surface area contributed by atoms with Crippen LogP contribution in [0.25, 0.3) is 0 Å². The van der Waals surface area contributed by atoms with Crippen LogP contribution in [0.15, 0.2) is 23.1 Å². The number of hydrogen-bond donors (Lipinski definition) is 3. The average Bonchev–Trinajstić information content (AvgIpc) is 2.61. The number of halogens is 1. The van der Waals surface area contributed by atoms with Crippen molar-refractivity contribution < 1.29 is 22.7 Å². The SMILES string of the molecule is COc1ccc(S(=O)(=O)NCCC(=O)NC2CCCNC2)cc1OC.Cl. The van der Waals surface area contributed by atoms with Crippen LogP contribution in [-0.4, -0.2) is 54.2 Å². The third-order valence-electron chi connectivity index (χ3n) is 3.97. The van der Waals surface area contributed by atoms with Crippen molar-refractivity contribution in [3.63, 3.8) is 0 Å². The summed E-state index contributed by atoms with van der Waals surface area (Å²) < 4.78 is 37.3. The molecule has 1 amide bonds. The third kappa shape index (κ3) is 6.31. The van der Waals surface area contributed by atoms with Gasteiger partial charge in [0.15, 0.2) is 11.5 Å². The van der Waals surface area contributed by atoms with Crippen LogP contribution in [0.3, 0.4) is 0 Å². The number of methoxy groups -OCH3 is 2. The van der Waals surface area contributed by atoms with Crippen LogP contribution in [0.1, 0.15) is 19.3 Å². The lowest BCUT2D eigenvalue weighted by Gasteiger charge is -2.23. The topological polar surface area (TPSA) is 106 Å². The molecule has 148 valence electrons. The Kier molecular flexibility index (Phi) is 9.14. The van der Waals surface area contributed by atoms with E-state index < -0.39 is 10.0 Å². The molecule has 1 atom stereocenters. The molecule has 1 unspecified atom stereocenters. The second kappa shape index (κ2) is 10.6. The molecule has 0 radical (unpaired) electrons. The van der Waals surface area contributed by atoms with Gasteiger partial charge in [-0.25, -0.2) is 13.1 Å². The van der Waals surface area contributed by atoms with Gasteiger partial charge in [0.2, 0.25) is 15.9 Å². The second-order valence-corrected chi connectivity index (χ2v) is 7.54. The Balaban J connectivity index is 0.00000338. The first-order valence-corrected chi connectivity index (χ1v) is 9.66. The lowest BCUT2D eigenvalue weighted by atomic mass is 10.1. The zero-order valence-corrected chi connectivity index (χ0v) is 16.5. The van der Waals surface area contributed by atoms with Crippen molar-refractivity contribution in [2.75, 3.05) is 33.9 Å². The van der Waals surface area contributed by atoms with Crippen molar-refractivity contribution in [3.05, 3.63) is 18.2 Å². The van der Waals surface area contributed by atoms with Gasteiger partial charge in [-0.2, -0.15) is 0 Å². The van der Waals surface area contributed by atoms with Gasteiger partial charge in [0, 0.05) is 31.6 Å². The van der Waals surface area contributed by atoms with Crippen LogP contribution >= 0.6 is 12.4 Å². The van der Waals surface area contributed by atoms with Crippen LogP contribution in [0.5, 0.6) is 11.5 Å². The Morgan fingerprint density at radius 1 is 1.27 bits per heavy atom. The van der Waals surface area contributed by atoms with E-state index in [1.807, 2.05) is 0 Å². The predicted octanol–water partition coefficient (Wildman–Crippen LogP) is 0.662. The molecule has 0 bridgehead atoms. The van der Waals surface area contributed by atoms with Gasteiger partial charge < -0.3 is 20.1 Å². The van der Waals surface area contributed by atoms with Crippen LogP contribution in [-0.2, 0) is 14.8 Å². The molecule has 0 aliphatic carbocycles. The zero-order chi connectivity index (χ0) is 18.3. The molecule has 1 aromatic carbocycles. The molecule has 26 heavy (non-hydrogen) atoms. The van der Waals surface area contributed by atoms with E-state index in [9.17, 15) is 13.2 Å². The standard InChI is InChI=1S/C16H25N3O5S.ClH/c1-23-14-6-5-13(10-15(14)24-2)25(21,22)18-9-7-16(20)19-12-4-3-8-17-11-12;/h5-6,10,12,17-18H,3-4,7-9,11H2,1-2H3,(H,19,20);1H. The molecule has 1 aromatic rings. The van der Waals surface area contributed by atoms with Crippen LogP contribution < -0.4 is 24.8 Å². The molecule has 0 spiro atoms. The first-order valence-electron chi connectivity index (χ1n) is 8.18. The van der Waals surface area contributed by atoms with E-state index in [0.29, 0.717) is 11.5 Å². The molecule has 0 aromatic heterocycles. The highest BCUT2D eigenvalue weighted by Crippen LogP contribution is 2.29. The highest BCUT2D eigenvalue weighted by Gasteiger charge is 2.18. The number of rotatable bonds is 8. The summed E-state index contributed by atoms with van der Waals surface area (Å²) in [5.74, 6) is 0.610. The fraction of sp³-hybridized carbons (Fsp3) is 0.562. The van der Waals surface area contributed by atoms with E-state index in [0.717, 1.165) is 25.9 Å². The highest BCUT2D eigenvalue weighted by atomic mass is 35.5. The van der Waals surface area contributed by atoms with Gasteiger partial charge in [-0.1, -0.05) is 0 Å². The summed E-state index contributed by atoms with van der Waals surface area (Å²) in [5, 5.41) is 6.12. The van der Waals surface area contributed by atoms with Crippen molar-refractivity contribution in [2.24, 2.45) is 0 Å². The largest absolute Gasteiger partial charge is 0.493 e. The summed E-state index contributed by atoms with van der Waals surface area (Å²) in [6, 6.07) is 4.45. The molecule has 8 nitrogen and oxygen atoms in total. The van der Waals surface area contributed by atoms with Crippen molar-refractivity contribution in [1.29, 1.82) is 0 Å². The Morgan fingerprint density at radius 2 is 2.00 bits per heavy atom. The summed E-state index contributed by atoms with van der Waals surface area (Å²) in [7, 11) is -0.811. The minimum Gasteiger partial charge on any atom is -0.493 e. The van der Waals surface area contributed by atoms with Crippen molar-refractivity contribution in [1.82, 2.24) is 15.4 Å². The maximum absolute atomic E-state index is 12.3. The summed E-state index contributed by atoms with van der Waals surface area (Å²) in [5.41, 5.74) is 0. The molecule has 1 heterocycles. The van der Waals surface area contributed by atoms with Crippen LogP contribution in [0.4, 0.5) is 0 Å². The Hall–Kier alpha value is -1.55. The smallest absolute Gasteiger partial charge is 0.240 e. The molecular weight excluding hydrogens is 382 g/mol. The molecule has 1 aliphatic rings. The molecule has 10 heteroatoms. The Bertz CT molecular complexity index is 693. The summed E-state index contributed by atoms with van der Waals surface area (Å²) >= 11 is 0. The number of sulfonamides is 1. The first kappa shape index (κ1) is 22.5. The average molecular weight is 408 g/mol. The minimum atomic E-state index is -3.72.